The number of carbonyl (C=O) groups excluding carboxylic acids is 2. The molecule has 1 rings (SSSR count). The first kappa shape index (κ1) is 16.9. The van der Waals surface area contributed by atoms with Crippen LogP contribution in [0.4, 0.5) is 5.82 Å². The summed E-state index contributed by atoms with van der Waals surface area (Å²) in [6.45, 7) is 4.64. The maximum absolute atomic E-state index is 11.9. The topological polar surface area (TPSA) is 86.8 Å². The van der Waals surface area contributed by atoms with Gasteiger partial charge in [0, 0.05) is 6.61 Å². The summed E-state index contributed by atoms with van der Waals surface area (Å²) in [5, 5.41) is 2.57. The molecule has 1 aromatic heterocycles. The number of aromatic nitrogens is 1. The maximum atomic E-state index is 11.9. The average molecular weight is 296 g/mol. The Morgan fingerprint density at radius 1 is 1.29 bits per heavy atom. The number of carbonyl (C=O) groups is 2. The smallest absolute Gasteiger partial charge is 0.342 e. The highest BCUT2D eigenvalue weighted by atomic mass is 16.5. The van der Waals surface area contributed by atoms with Crippen LogP contribution in [0.5, 0.6) is 5.75 Å². The minimum absolute atomic E-state index is 0.149. The van der Waals surface area contributed by atoms with Crippen molar-refractivity contribution in [2.75, 3.05) is 32.2 Å². The Morgan fingerprint density at radius 3 is 2.67 bits per heavy atom. The second kappa shape index (κ2) is 8.91. The van der Waals surface area contributed by atoms with Crippen molar-refractivity contribution in [1.82, 2.24) is 4.98 Å². The molecule has 0 unspecified atom stereocenters. The van der Waals surface area contributed by atoms with Crippen LogP contribution in [-0.4, -0.2) is 43.8 Å². The highest BCUT2D eigenvalue weighted by Gasteiger charge is 2.17. The van der Waals surface area contributed by atoms with Gasteiger partial charge in [0.05, 0.1) is 32.9 Å². The summed E-state index contributed by atoms with van der Waals surface area (Å²) >= 11 is 0. The second-order valence-electron chi connectivity index (χ2n) is 3.99. The lowest BCUT2D eigenvalue weighted by molar-refractivity contribution is -0.117. The summed E-state index contributed by atoms with van der Waals surface area (Å²) in [6.07, 6.45) is 1.60. The molecule has 0 bridgehead atoms. The molecule has 1 amide bonds. The van der Waals surface area contributed by atoms with Gasteiger partial charge in [-0.05, 0) is 19.9 Å². The fourth-order valence-corrected chi connectivity index (χ4v) is 1.53. The number of methoxy groups -OCH3 is 1. The van der Waals surface area contributed by atoms with E-state index in [0.717, 1.165) is 0 Å². The number of hydrogen-bond acceptors (Lipinski definition) is 6. The number of amides is 1. The number of nitrogens with zero attached hydrogens (tertiary/aromatic N) is 1. The first-order valence-corrected chi connectivity index (χ1v) is 6.71. The third-order valence-corrected chi connectivity index (χ3v) is 2.53. The molecule has 1 aromatic rings. The predicted octanol–water partition coefficient (Wildman–Crippen LogP) is 1.63. The molecule has 0 fully saturated rings. The van der Waals surface area contributed by atoms with Crippen LogP contribution < -0.4 is 10.1 Å². The van der Waals surface area contributed by atoms with E-state index in [1.54, 1.807) is 6.92 Å². The molecule has 0 spiro atoms. The van der Waals surface area contributed by atoms with Gasteiger partial charge >= 0.3 is 5.97 Å². The van der Waals surface area contributed by atoms with Gasteiger partial charge in [-0.25, -0.2) is 9.78 Å². The molecular formula is C14H20N2O5. The fraction of sp³-hybridized carbons (Fsp3) is 0.500. The molecule has 0 saturated carbocycles. The van der Waals surface area contributed by atoms with Crippen LogP contribution in [0.3, 0.4) is 0 Å². The van der Waals surface area contributed by atoms with Crippen molar-refractivity contribution in [1.29, 1.82) is 0 Å². The average Bonchev–Trinajstić information content (AvgIpc) is 2.48. The van der Waals surface area contributed by atoms with Gasteiger partial charge < -0.3 is 19.5 Å². The third kappa shape index (κ3) is 5.39. The van der Waals surface area contributed by atoms with Gasteiger partial charge in [-0.1, -0.05) is 0 Å². The normalized spacial score (nSPS) is 10.0. The number of nitrogens with one attached hydrogen (secondary N) is 1. The van der Waals surface area contributed by atoms with E-state index in [2.05, 4.69) is 10.3 Å². The van der Waals surface area contributed by atoms with E-state index < -0.39 is 5.97 Å². The van der Waals surface area contributed by atoms with E-state index in [1.165, 1.54) is 19.4 Å². The van der Waals surface area contributed by atoms with Crippen molar-refractivity contribution < 1.29 is 23.8 Å². The lowest BCUT2D eigenvalue weighted by Gasteiger charge is -2.11. The molecule has 0 radical (unpaired) electrons. The molecule has 0 aliphatic heterocycles. The molecule has 1 N–H and O–H groups in total. The Morgan fingerprint density at radius 2 is 2.05 bits per heavy atom. The summed E-state index contributed by atoms with van der Waals surface area (Å²) in [6, 6.07) is 1.48. The van der Waals surface area contributed by atoms with Crippen LogP contribution in [0.1, 0.15) is 30.6 Å². The number of rotatable bonds is 8. The molecule has 0 aliphatic carbocycles. The zero-order valence-electron chi connectivity index (χ0n) is 12.5. The van der Waals surface area contributed by atoms with Crippen molar-refractivity contribution in [2.24, 2.45) is 0 Å². The van der Waals surface area contributed by atoms with Crippen molar-refractivity contribution in [2.45, 2.75) is 20.3 Å². The Hall–Kier alpha value is -2.15. The molecule has 1 heterocycles. The SMILES string of the molecule is CCOCCC(=O)Nc1ncc(OC)cc1C(=O)OCC. The number of anilines is 1. The summed E-state index contributed by atoms with van der Waals surface area (Å²) < 4.78 is 15.1. The minimum atomic E-state index is -0.566. The Labute approximate surface area is 123 Å². The largest absolute Gasteiger partial charge is 0.495 e. The lowest BCUT2D eigenvalue weighted by Crippen LogP contribution is -2.18. The second-order valence-corrected chi connectivity index (χ2v) is 3.99. The van der Waals surface area contributed by atoms with E-state index in [-0.39, 0.29) is 30.3 Å². The molecule has 0 aliphatic rings. The maximum Gasteiger partial charge on any atom is 0.342 e. The number of hydrogen-bond donors (Lipinski definition) is 1. The van der Waals surface area contributed by atoms with Gasteiger partial charge in [-0.2, -0.15) is 0 Å². The molecule has 0 aromatic carbocycles. The van der Waals surface area contributed by atoms with Gasteiger partial charge in [0.1, 0.15) is 17.1 Å². The highest BCUT2D eigenvalue weighted by molar-refractivity contribution is 6.00. The van der Waals surface area contributed by atoms with Crippen LogP contribution in [0.15, 0.2) is 12.3 Å². The van der Waals surface area contributed by atoms with Gasteiger partial charge in [0.2, 0.25) is 5.91 Å². The predicted molar refractivity (Wildman–Crippen MR) is 76.5 cm³/mol. The summed E-state index contributed by atoms with van der Waals surface area (Å²) in [4.78, 5) is 27.7. The van der Waals surface area contributed by atoms with Crippen molar-refractivity contribution in [3.05, 3.63) is 17.8 Å². The van der Waals surface area contributed by atoms with Crippen molar-refractivity contribution in [3.63, 3.8) is 0 Å². The first-order chi connectivity index (χ1) is 10.1. The standard InChI is InChI=1S/C14H20N2O5/c1-4-20-7-6-12(17)16-13-11(14(18)21-5-2)8-10(19-3)9-15-13/h8-9H,4-7H2,1-3H3,(H,15,16,17). The van der Waals surface area contributed by atoms with Crippen LogP contribution in [-0.2, 0) is 14.3 Å². The number of esters is 1. The van der Waals surface area contributed by atoms with E-state index in [4.69, 9.17) is 14.2 Å². The molecular weight excluding hydrogens is 276 g/mol. The Bertz CT molecular complexity index is 490. The summed E-state index contributed by atoms with van der Waals surface area (Å²) in [5.74, 6) is -0.295. The van der Waals surface area contributed by atoms with Crippen molar-refractivity contribution >= 4 is 17.7 Å². The van der Waals surface area contributed by atoms with E-state index in [9.17, 15) is 9.59 Å². The van der Waals surface area contributed by atoms with Crippen molar-refractivity contribution in [3.8, 4) is 5.75 Å². The van der Waals surface area contributed by atoms with Gasteiger partial charge in [-0.15, -0.1) is 0 Å². The van der Waals surface area contributed by atoms with Gasteiger partial charge in [-0.3, -0.25) is 4.79 Å². The zero-order valence-corrected chi connectivity index (χ0v) is 12.5. The quantitative estimate of drug-likeness (QED) is 0.579. The van der Waals surface area contributed by atoms with E-state index >= 15 is 0 Å². The van der Waals surface area contributed by atoms with E-state index in [0.29, 0.717) is 19.0 Å². The molecule has 21 heavy (non-hydrogen) atoms. The monoisotopic (exact) mass is 296 g/mol. The molecule has 7 heteroatoms. The van der Waals surface area contributed by atoms with Crippen LogP contribution in [0.2, 0.25) is 0 Å². The lowest BCUT2D eigenvalue weighted by atomic mass is 10.2. The zero-order chi connectivity index (χ0) is 15.7. The minimum Gasteiger partial charge on any atom is -0.495 e. The number of pyridine rings is 1. The molecule has 7 nitrogen and oxygen atoms in total. The number of ether oxygens (including phenoxy) is 3. The Balaban J connectivity index is 2.84. The third-order valence-electron chi connectivity index (χ3n) is 2.53. The van der Waals surface area contributed by atoms with Crippen LogP contribution in [0.25, 0.3) is 0 Å². The van der Waals surface area contributed by atoms with Crippen LogP contribution >= 0.6 is 0 Å². The summed E-state index contributed by atoms with van der Waals surface area (Å²) in [7, 11) is 1.46. The molecule has 116 valence electrons. The molecule has 0 atom stereocenters. The van der Waals surface area contributed by atoms with Gasteiger partial charge in [0.25, 0.3) is 0 Å². The summed E-state index contributed by atoms with van der Waals surface area (Å²) in [5.41, 5.74) is 0.154. The fourth-order valence-electron chi connectivity index (χ4n) is 1.53. The van der Waals surface area contributed by atoms with E-state index in [1.807, 2.05) is 6.92 Å². The Kier molecular flexibility index (Phi) is 7.17. The van der Waals surface area contributed by atoms with Crippen LogP contribution in [0, 0.1) is 0 Å². The van der Waals surface area contributed by atoms with Gasteiger partial charge in [0.15, 0.2) is 0 Å². The highest BCUT2D eigenvalue weighted by Crippen LogP contribution is 2.20. The first-order valence-electron chi connectivity index (χ1n) is 6.71. The molecule has 0 saturated heterocycles.